The van der Waals surface area contributed by atoms with Gasteiger partial charge in [-0.25, -0.2) is 14.6 Å². The summed E-state index contributed by atoms with van der Waals surface area (Å²) in [6.45, 7) is 9.76. The summed E-state index contributed by atoms with van der Waals surface area (Å²) in [7, 11) is 0. The zero-order chi connectivity index (χ0) is 21.6. The molecule has 0 aromatic carbocycles. The maximum atomic E-state index is 13.1. The minimum Gasteiger partial charge on any atom is -0.464 e. The molecule has 1 aromatic heterocycles. The normalized spacial score (nSPS) is 17.1. The van der Waals surface area contributed by atoms with Crippen molar-refractivity contribution in [2.75, 3.05) is 32.0 Å². The zero-order valence-electron chi connectivity index (χ0n) is 17.6. The lowest BCUT2D eigenvalue weighted by atomic mass is 10.1. The number of esters is 1. The molecule has 1 atom stereocenters. The van der Waals surface area contributed by atoms with Crippen LogP contribution in [0.25, 0.3) is 0 Å². The van der Waals surface area contributed by atoms with Gasteiger partial charge < -0.3 is 19.3 Å². The Bertz CT molecular complexity index is 750. The number of ether oxygens (including phenoxy) is 2. The Morgan fingerprint density at radius 3 is 2.59 bits per heavy atom. The minimum atomic E-state index is -0.890. The van der Waals surface area contributed by atoms with Gasteiger partial charge in [-0.15, -0.1) is 11.8 Å². The third kappa shape index (κ3) is 6.35. The van der Waals surface area contributed by atoms with E-state index in [1.807, 2.05) is 6.92 Å². The van der Waals surface area contributed by atoms with Crippen molar-refractivity contribution in [1.29, 1.82) is 0 Å². The highest BCUT2D eigenvalue weighted by Crippen LogP contribution is 2.21. The number of hydrogen-bond acceptors (Lipinski definition) is 7. The first-order valence-corrected chi connectivity index (χ1v) is 10.7. The van der Waals surface area contributed by atoms with E-state index in [1.54, 1.807) is 46.0 Å². The summed E-state index contributed by atoms with van der Waals surface area (Å²) in [5, 5.41) is 0.749. The molecule has 29 heavy (non-hydrogen) atoms. The number of carbonyl (C=O) groups excluding carboxylic acids is 3. The average molecular weight is 424 g/mol. The Hall–Kier alpha value is -2.29. The van der Waals surface area contributed by atoms with Crippen LogP contribution in [0.1, 0.15) is 45.0 Å². The molecule has 0 radical (unpaired) electrons. The van der Waals surface area contributed by atoms with Crippen LogP contribution in [0.5, 0.6) is 0 Å². The fourth-order valence-electron chi connectivity index (χ4n) is 2.89. The van der Waals surface area contributed by atoms with Gasteiger partial charge in [0.15, 0.2) is 0 Å². The molecule has 1 aliphatic rings. The van der Waals surface area contributed by atoms with E-state index in [0.717, 1.165) is 10.8 Å². The van der Waals surface area contributed by atoms with Crippen molar-refractivity contribution < 1.29 is 23.9 Å². The van der Waals surface area contributed by atoms with E-state index < -0.39 is 23.7 Å². The lowest BCUT2D eigenvalue weighted by molar-refractivity contribution is -0.150. The van der Waals surface area contributed by atoms with Gasteiger partial charge >= 0.3 is 12.1 Å². The Balaban J connectivity index is 2.22. The topological polar surface area (TPSA) is 89.0 Å². The van der Waals surface area contributed by atoms with Crippen molar-refractivity contribution in [3.05, 3.63) is 23.9 Å². The molecule has 160 valence electrons. The third-order valence-electron chi connectivity index (χ3n) is 4.13. The van der Waals surface area contributed by atoms with Crippen molar-refractivity contribution in [2.45, 2.75) is 51.3 Å². The Kier molecular flexibility index (Phi) is 7.89. The molecular weight excluding hydrogens is 394 g/mol. The smallest absolute Gasteiger partial charge is 0.410 e. The molecule has 2 rings (SSSR count). The first kappa shape index (κ1) is 23.0. The van der Waals surface area contributed by atoms with Gasteiger partial charge in [0.25, 0.3) is 5.91 Å². The van der Waals surface area contributed by atoms with Crippen LogP contribution in [0, 0.1) is 0 Å². The van der Waals surface area contributed by atoms with Gasteiger partial charge in [0, 0.05) is 24.8 Å². The Morgan fingerprint density at radius 2 is 1.97 bits per heavy atom. The second kappa shape index (κ2) is 9.96. The summed E-state index contributed by atoms with van der Waals surface area (Å²) in [4.78, 5) is 45.3. The van der Waals surface area contributed by atoms with Gasteiger partial charge in [-0.2, -0.15) is 0 Å². The quantitative estimate of drug-likeness (QED) is 0.531. The molecule has 9 heteroatoms. The minimum absolute atomic E-state index is 0.0289. The number of amides is 2. The van der Waals surface area contributed by atoms with Crippen LogP contribution >= 0.6 is 11.8 Å². The van der Waals surface area contributed by atoms with Crippen LogP contribution in [0.3, 0.4) is 0 Å². The third-order valence-corrected chi connectivity index (χ3v) is 4.93. The summed E-state index contributed by atoms with van der Waals surface area (Å²) >= 11 is 1.54. The van der Waals surface area contributed by atoms with Crippen molar-refractivity contribution in [3.63, 3.8) is 0 Å². The number of nitrogens with zero attached hydrogens (tertiary/aromatic N) is 3. The maximum Gasteiger partial charge on any atom is 0.410 e. The number of piperazine rings is 1. The number of rotatable bonds is 5. The highest BCUT2D eigenvalue weighted by atomic mass is 32.2. The summed E-state index contributed by atoms with van der Waals surface area (Å²) in [6, 6.07) is 2.46. The van der Waals surface area contributed by atoms with Crippen molar-refractivity contribution in [2.24, 2.45) is 0 Å². The van der Waals surface area contributed by atoms with Crippen LogP contribution < -0.4 is 0 Å². The van der Waals surface area contributed by atoms with Crippen LogP contribution in [0.4, 0.5) is 4.79 Å². The average Bonchev–Trinajstić information content (AvgIpc) is 2.66. The molecule has 0 N–H and O–H groups in total. The second-order valence-electron chi connectivity index (χ2n) is 7.51. The van der Waals surface area contributed by atoms with E-state index in [-0.39, 0.29) is 32.1 Å². The summed E-state index contributed by atoms with van der Waals surface area (Å²) in [6.07, 6.45) is 1.08. The molecule has 8 nitrogen and oxygen atoms in total. The maximum absolute atomic E-state index is 13.1. The first-order valence-electron chi connectivity index (χ1n) is 9.70. The van der Waals surface area contributed by atoms with E-state index in [1.165, 1.54) is 21.6 Å². The van der Waals surface area contributed by atoms with E-state index in [9.17, 15) is 14.4 Å². The monoisotopic (exact) mass is 423 g/mol. The second-order valence-corrected chi connectivity index (χ2v) is 8.79. The molecule has 0 bridgehead atoms. The van der Waals surface area contributed by atoms with Crippen molar-refractivity contribution >= 4 is 29.7 Å². The van der Waals surface area contributed by atoms with Crippen LogP contribution in [-0.4, -0.2) is 76.4 Å². The summed E-state index contributed by atoms with van der Waals surface area (Å²) in [5.41, 5.74) is -0.190. The highest BCUT2D eigenvalue weighted by molar-refractivity contribution is 7.99. The van der Waals surface area contributed by atoms with Crippen LogP contribution in [-0.2, 0) is 14.3 Å². The standard InChI is InChI=1S/C20H29N3O5S/c1-6-27-18(25)15-13-22(19(26)28-20(3,4)5)10-11-23(15)17(24)14-8-9-21-16(12-14)29-7-2/h8-9,12,15H,6-7,10-11,13H2,1-5H3. The molecule has 2 amide bonds. The van der Waals surface area contributed by atoms with E-state index in [0.29, 0.717) is 5.56 Å². The van der Waals surface area contributed by atoms with E-state index in [4.69, 9.17) is 9.47 Å². The summed E-state index contributed by atoms with van der Waals surface area (Å²) in [5.74, 6) is 0.0172. The van der Waals surface area contributed by atoms with E-state index in [2.05, 4.69) is 4.98 Å². The molecule has 2 heterocycles. The largest absolute Gasteiger partial charge is 0.464 e. The van der Waals surface area contributed by atoms with Gasteiger partial charge in [0.05, 0.1) is 18.2 Å². The van der Waals surface area contributed by atoms with Crippen molar-refractivity contribution in [3.8, 4) is 0 Å². The lowest BCUT2D eigenvalue weighted by Crippen LogP contribution is -2.60. The molecule has 1 unspecified atom stereocenters. The van der Waals surface area contributed by atoms with E-state index >= 15 is 0 Å². The van der Waals surface area contributed by atoms with Crippen molar-refractivity contribution in [1.82, 2.24) is 14.8 Å². The highest BCUT2D eigenvalue weighted by Gasteiger charge is 2.39. The van der Waals surface area contributed by atoms with Crippen LogP contribution in [0.15, 0.2) is 23.4 Å². The molecule has 1 aliphatic heterocycles. The van der Waals surface area contributed by atoms with Gasteiger partial charge in [-0.05, 0) is 45.6 Å². The fraction of sp³-hybridized carbons (Fsp3) is 0.600. The molecule has 1 fully saturated rings. The molecule has 0 aliphatic carbocycles. The van der Waals surface area contributed by atoms with Gasteiger partial charge in [0.1, 0.15) is 11.6 Å². The van der Waals surface area contributed by atoms with Gasteiger partial charge in [-0.1, -0.05) is 6.92 Å². The predicted molar refractivity (Wildman–Crippen MR) is 110 cm³/mol. The number of thioether (sulfide) groups is 1. The lowest BCUT2D eigenvalue weighted by Gasteiger charge is -2.40. The molecule has 0 spiro atoms. The zero-order valence-corrected chi connectivity index (χ0v) is 18.5. The predicted octanol–water partition coefficient (Wildman–Crippen LogP) is 2.82. The van der Waals surface area contributed by atoms with Gasteiger partial charge in [-0.3, -0.25) is 4.79 Å². The number of aromatic nitrogens is 1. The van der Waals surface area contributed by atoms with Crippen LogP contribution in [0.2, 0.25) is 0 Å². The molecular formula is C20H29N3O5S. The Labute approximate surface area is 175 Å². The fourth-order valence-corrected chi connectivity index (χ4v) is 3.54. The molecule has 1 saturated heterocycles. The SMILES string of the molecule is CCOC(=O)C1CN(C(=O)OC(C)(C)C)CCN1C(=O)c1ccnc(SCC)c1. The number of carbonyl (C=O) groups is 3. The molecule has 1 aromatic rings. The van der Waals surface area contributed by atoms with Gasteiger partial charge in [0.2, 0.25) is 0 Å². The number of pyridine rings is 1. The first-order chi connectivity index (χ1) is 13.7. The Morgan fingerprint density at radius 1 is 1.24 bits per heavy atom. The summed E-state index contributed by atoms with van der Waals surface area (Å²) < 4.78 is 10.6. The molecule has 0 saturated carbocycles. The number of hydrogen-bond donors (Lipinski definition) is 0.